The first-order chi connectivity index (χ1) is 13.2. The average Bonchev–Trinajstić information content (AvgIpc) is 3.12. The topological polar surface area (TPSA) is 81.9 Å². The van der Waals surface area contributed by atoms with E-state index in [-0.39, 0.29) is 12.5 Å². The molecule has 27 heavy (non-hydrogen) atoms. The lowest BCUT2D eigenvalue weighted by atomic mass is 10.2. The van der Waals surface area contributed by atoms with Crippen LogP contribution in [0, 0.1) is 6.92 Å². The fourth-order valence-electron chi connectivity index (χ4n) is 2.75. The van der Waals surface area contributed by atoms with E-state index in [1.54, 1.807) is 10.9 Å². The quantitative estimate of drug-likeness (QED) is 0.592. The number of hydrogen-bond acceptors (Lipinski definition) is 5. The molecule has 1 N–H and O–H groups in total. The van der Waals surface area contributed by atoms with E-state index in [2.05, 4.69) is 20.4 Å². The van der Waals surface area contributed by atoms with Crippen molar-refractivity contribution in [3.63, 3.8) is 0 Å². The van der Waals surface area contributed by atoms with Crippen molar-refractivity contribution in [2.24, 2.45) is 0 Å². The van der Waals surface area contributed by atoms with Gasteiger partial charge in [-0.2, -0.15) is 5.10 Å². The predicted octanol–water partition coefficient (Wildman–Crippen LogP) is 3.14. The number of fused-ring (bicyclic) bond motifs is 1. The van der Waals surface area contributed by atoms with Crippen LogP contribution < -0.4 is 10.1 Å². The molecule has 0 aliphatic rings. The Morgan fingerprint density at radius 1 is 1.11 bits per heavy atom. The Morgan fingerprint density at radius 2 is 1.96 bits per heavy atom. The van der Waals surface area contributed by atoms with Gasteiger partial charge in [0, 0.05) is 5.69 Å². The van der Waals surface area contributed by atoms with Crippen molar-refractivity contribution in [1.82, 2.24) is 19.7 Å². The molecule has 4 rings (SSSR count). The van der Waals surface area contributed by atoms with Crippen LogP contribution in [-0.4, -0.2) is 32.3 Å². The number of rotatable bonds is 5. The third kappa shape index (κ3) is 3.62. The van der Waals surface area contributed by atoms with Gasteiger partial charge in [-0.1, -0.05) is 30.3 Å². The molecular weight excluding hydrogens is 342 g/mol. The van der Waals surface area contributed by atoms with Gasteiger partial charge < -0.3 is 10.1 Å². The maximum Gasteiger partial charge on any atom is 0.262 e. The fraction of sp³-hybridized carbons (Fsp3) is 0.100. The highest BCUT2D eigenvalue weighted by molar-refractivity contribution is 5.92. The summed E-state index contributed by atoms with van der Waals surface area (Å²) in [6, 6.07) is 17.2. The number of nitrogens with one attached hydrogen (secondary N) is 1. The first-order valence-electron chi connectivity index (χ1n) is 8.44. The number of carbonyl (C=O) groups excluding carboxylic acids is 1. The van der Waals surface area contributed by atoms with Crippen LogP contribution in [-0.2, 0) is 4.79 Å². The van der Waals surface area contributed by atoms with E-state index in [1.165, 1.54) is 6.33 Å². The molecule has 7 nitrogen and oxygen atoms in total. The van der Waals surface area contributed by atoms with E-state index in [1.807, 2.05) is 61.5 Å². The molecular formula is C20H17N5O2. The molecule has 134 valence electrons. The second-order valence-corrected chi connectivity index (χ2v) is 6.01. The van der Waals surface area contributed by atoms with Crippen molar-refractivity contribution in [3.8, 4) is 11.6 Å². The number of anilines is 1. The van der Waals surface area contributed by atoms with Gasteiger partial charge >= 0.3 is 0 Å². The second kappa shape index (κ2) is 7.25. The Balaban J connectivity index is 1.51. The van der Waals surface area contributed by atoms with Crippen LogP contribution >= 0.6 is 0 Å². The maximum absolute atomic E-state index is 12.2. The summed E-state index contributed by atoms with van der Waals surface area (Å²) >= 11 is 0. The molecule has 0 atom stereocenters. The molecule has 2 heterocycles. The average molecular weight is 359 g/mol. The molecule has 1 amide bonds. The molecule has 0 saturated carbocycles. The zero-order valence-corrected chi connectivity index (χ0v) is 14.7. The number of hydrogen-bond donors (Lipinski definition) is 1. The molecule has 0 radical (unpaired) electrons. The summed E-state index contributed by atoms with van der Waals surface area (Å²) in [5.41, 5.74) is 3.30. The molecule has 0 bridgehead atoms. The molecule has 0 unspecified atom stereocenters. The lowest BCUT2D eigenvalue weighted by molar-refractivity contribution is -0.118. The van der Waals surface area contributed by atoms with Crippen molar-refractivity contribution in [2.75, 3.05) is 11.9 Å². The zero-order chi connectivity index (χ0) is 18.6. The lowest BCUT2D eigenvalue weighted by Gasteiger charge is -2.08. The number of amides is 1. The van der Waals surface area contributed by atoms with Crippen molar-refractivity contribution in [1.29, 1.82) is 0 Å². The first-order valence-corrected chi connectivity index (χ1v) is 8.44. The van der Waals surface area contributed by atoms with Gasteiger partial charge in [0.25, 0.3) is 5.91 Å². The number of ether oxygens (including phenoxy) is 1. The summed E-state index contributed by atoms with van der Waals surface area (Å²) in [5.74, 6) is 0.0596. The van der Waals surface area contributed by atoms with Gasteiger partial charge in [0.2, 0.25) is 5.88 Å². The van der Waals surface area contributed by atoms with E-state index in [4.69, 9.17) is 4.74 Å². The number of aromatic nitrogens is 4. The van der Waals surface area contributed by atoms with Crippen LogP contribution in [0.25, 0.3) is 16.7 Å². The Kier molecular flexibility index (Phi) is 4.49. The Hall–Kier alpha value is -3.74. The molecule has 0 aliphatic heterocycles. The molecule has 2 aromatic carbocycles. The summed E-state index contributed by atoms with van der Waals surface area (Å²) in [6.45, 7) is 1.81. The lowest BCUT2D eigenvalue weighted by Crippen LogP contribution is -2.20. The van der Waals surface area contributed by atoms with E-state index in [0.717, 1.165) is 16.9 Å². The van der Waals surface area contributed by atoms with Gasteiger partial charge in [-0.3, -0.25) is 4.79 Å². The minimum atomic E-state index is -0.261. The van der Waals surface area contributed by atoms with Crippen molar-refractivity contribution in [3.05, 3.63) is 72.7 Å². The summed E-state index contributed by atoms with van der Waals surface area (Å²) in [4.78, 5) is 20.6. The smallest absolute Gasteiger partial charge is 0.262 e. The number of benzene rings is 2. The molecule has 2 aromatic heterocycles. The molecule has 0 aliphatic carbocycles. The third-order valence-corrected chi connectivity index (χ3v) is 3.97. The molecule has 4 aromatic rings. The van der Waals surface area contributed by atoms with Gasteiger partial charge in [-0.25, -0.2) is 14.6 Å². The van der Waals surface area contributed by atoms with Gasteiger partial charge in [0.15, 0.2) is 12.3 Å². The number of aryl methyl sites for hydroxylation is 1. The number of para-hydroxylation sites is 1. The highest BCUT2D eigenvalue weighted by atomic mass is 16.5. The molecule has 0 saturated heterocycles. The van der Waals surface area contributed by atoms with Gasteiger partial charge in [-0.05, 0) is 36.8 Å². The first kappa shape index (κ1) is 16.7. The standard InChI is InChI=1S/C20H17N5O2/c1-14-6-5-7-15(10-14)24-18(26)12-27-20-17-11-23-25(19(17)21-13-22-20)16-8-3-2-4-9-16/h2-11,13H,12H2,1H3,(H,24,26). The van der Waals surface area contributed by atoms with Crippen molar-refractivity contribution >= 4 is 22.6 Å². The largest absolute Gasteiger partial charge is 0.467 e. The highest BCUT2D eigenvalue weighted by Crippen LogP contribution is 2.23. The van der Waals surface area contributed by atoms with Crippen LogP contribution in [0.2, 0.25) is 0 Å². The molecule has 0 spiro atoms. The Labute approximate surface area is 155 Å². The SMILES string of the molecule is Cc1cccc(NC(=O)COc2ncnc3c2cnn3-c2ccccc2)c1. The monoisotopic (exact) mass is 359 g/mol. The van der Waals surface area contributed by atoms with Crippen LogP contribution in [0.4, 0.5) is 5.69 Å². The Morgan fingerprint density at radius 3 is 2.78 bits per heavy atom. The van der Waals surface area contributed by atoms with E-state index in [0.29, 0.717) is 16.9 Å². The highest BCUT2D eigenvalue weighted by Gasteiger charge is 2.13. The van der Waals surface area contributed by atoms with Crippen molar-refractivity contribution < 1.29 is 9.53 Å². The predicted molar refractivity (Wildman–Crippen MR) is 102 cm³/mol. The van der Waals surface area contributed by atoms with Crippen LogP contribution in [0.1, 0.15) is 5.56 Å². The summed E-state index contributed by atoms with van der Waals surface area (Å²) in [7, 11) is 0. The summed E-state index contributed by atoms with van der Waals surface area (Å²) < 4.78 is 7.32. The minimum absolute atomic E-state index is 0.156. The van der Waals surface area contributed by atoms with Crippen molar-refractivity contribution in [2.45, 2.75) is 6.92 Å². The summed E-state index contributed by atoms with van der Waals surface area (Å²) in [5, 5.41) is 7.81. The fourth-order valence-corrected chi connectivity index (χ4v) is 2.75. The second-order valence-electron chi connectivity index (χ2n) is 6.01. The number of carbonyl (C=O) groups is 1. The minimum Gasteiger partial charge on any atom is -0.467 e. The van der Waals surface area contributed by atoms with E-state index in [9.17, 15) is 4.79 Å². The zero-order valence-electron chi connectivity index (χ0n) is 14.7. The van der Waals surface area contributed by atoms with Crippen LogP contribution in [0.5, 0.6) is 5.88 Å². The third-order valence-electron chi connectivity index (χ3n) is 3.97. The van der Waals surface area contributed by atoms with E-state index >= 15 is 0 Å². The number of nitrogens with zero attached hydrogens (tertiary/aromatic N) is 4. The molecule has 0 fully saturated rings. The van der Waals surface area contributed by atoms with Gasteiger partial charge in [-0.15, -0.1) is 0 Å². The normalized spacial score (nSPS) is 10.7. The van der Waals surface area contributed by atoms with Gasteiger partial charge in [0.1, 0.15) is 11.7 Å². The van der Waals surface area contributed by atoms with E-state index < -0.39 is 0 Å². The van der Waals surface area contributed by atoms with Gasteiger partial charge in [0.05, 0.1) is 11.9 Å². The van der Waals surface area contributed by atoms with Crippen LogP contribution in [0.3, 0.4) is 0 Å². The molecule has 7 heteroatoms. The maximum atomic E-state index is 12.2. The summed E-state index contributed by atoms with van der Waals surface area (Å²) in [6.07, 6.45) is 3.04. The Bertz CT molecular complexity index is 1090. The van der Waals surface area contributed by atoms with Crippen LogP contribution in [0.15, 0.2) is 67.1 Å².